The lowest BCUT2D eigenvalue weighted by atomic mass is 10.4. The molecule has 19 heavy (non-hydrogen) atoms. The highest BCUT2D eigenvalue weighted by atomic mass is 32.2. The van der Waals surface area contributed by atoms with Gasteiger partial charge in [0.25, 0.3) is 16.0 Å². The highest BCUT2D eigenvalue weighted by molar-refractivity contribution is 7.93. The quantitative estimate of drug-likeness (QED) is 0.853. The van der Waals surface area contributed by atoms with Crippen LogP contribution in [0.1, 0.15) is 0 Å². The topological polar surface area (TPSA) is 119 Å². The Morgan fingerprint density at radius 1 is 1.11 bits per heavy atom. The van der Waals surface area contributed by atoms with Crippen molar-refractivity contribution in [2.24, 2.45) is 5.73 Å². The molecule has 0 radical (unpaired) electrons. The van der Waals surface area contributed by atoms with E-state index < -0.39 is 16.1 Å². The fraction of sp³-hybridized carbons (Fsp3) is 0. The minimum absolute atomic E-state index is 0.0887. The van der Waals surface area contributed by atoms with Crippen LogP contribution < -0.4 is 10.0 Å². The highest BCUT2D eigenvalue weighted by Gasteiger charge is 2.31. The zero-order valence-corrected chi connectivity index (χ0v) is 10.4. The van der Waals surface area contributed by atoms with Crippen LogP contribution in [0.5, 0.6) is 0 Å². The van der Waals surface area contributed by atoms with Gasteiger partial charge in [0.15, 0.2) is 0 Å². The molecular weight excluding hydrogens is 270 g/mol. The molecule has 0 saturated heterocycles. The largest absolute Gasteiger partial charge is 0.350 e. The Labute approximate surface area is 109 Å². The SMILES string of the molecule is NC(=O)N(c1ncncn1)S(=O)(=O)c1ccccc1. The molecule has 1 heterocycles. The second-order valence-electron chi connectivity index (χ2n) is 3.36. The fourth-order valence-corrected chi connectivity index (χ4v) is 2.62. The average Bonchev–Trinajstić information content (AvgIpc) is 2.40. The Hall–Kier alpha value is -2.55. The monoisotopic (exact) mass is 279 g/mol. The van der Waals surface area contributed by atoms with E-state index in [4.69, 9.17) is 5.73 Å². The van der Waals surface area contributed by atoms with Crippen LogP contribution in [0.4, 0.5) is 10.7 Å². The Kier molecular flexibility index (Phi) is 3.38. The Bertz CT molecular complexity index is 675. The minimum Gasteiger partial charge on any atom is -0.350 e. The molecule has 0 aliphatic rings. The Morgan fingerprint density at radius 3 is 2.21 bits per heavy atom. The first-order valence-corrected chi connectivity index (χ1v) is 6.49. The lowest BCUT2D eigenvalue weighted by Gasteiger charge is -2.17. The molecule has 0 aliphatic carbocycles. The predicted octanol–water partition coefficient (Wildman–Crippen LogP) is 0.146. The Morgan fingerprint density at radius 2 is 1.68 bits per heavy atom. The third-order valence-corrected chi connectivity index (χ3v) is 3.83. The summed E-state index contributed by atoms with van der Waals surface area (Å²) in [5, 5.41) is 0. The van der Waals surface area contributed by atoms with Crippen LogP contribution in [0, 0.1) is 0 Å². The summed E-state index contributed by atoms with van der Waals surface area (Å²) in [6, 6.07) is 6.18. The van der Waals surface area contributed by atoms with Gasteiger partial charge in [-0.3, -0.25) is 0 Å². The Balaban J connectivity index is 2.55. The number of nitrogens with two attached hydrogens (primary N) is 1. The van der Waals surface area contributed by atoms with Gasteiger partial charge in [-0.25, -0.2) is 18.2 Å². The summed E-state index contributed by atoms with van der Waals surface area (Å²) in [5.41, 5.74) is 5.10. The van der Waals surface area contributed by atoms with Gasteiger partial charge in [0.1, 0.15) is 12.7 Å². The molecule has 2 aromatic rings. The van der Waals surface area contributed by atoms with Gasteiger partial charge in [0.2, 0.25) is 0 Å². The van der Waals surface area contributed by atoms with Crippen LogP contribution in [0.25, 0.3) is 0 Å². The zero-order chi connectivity index (χ0) is 13.9. The summed E-state index contributed by atoms with van der Waals surface area (Å²) in [6.45, 7) is 0. The third-order valence-electron chi connectivity index (χ3n) is 2.14. The molecule has 0 saturated carbocycles. The number of hydrogen-bond acceptors (Lipinski definition) is 6. The molecular formula is C10H9N5O3S. The number of sulfonamides is 1. The summed E-state index contributed by atoms with van der Waals surface area (Å²) in [6.07, 6.45) is 2.14. The van der Waals surface area contributed by atoms with E-state index in [0.29, 0.717) is 4.31 Å². The van der Waals surface area contributed by atoms with E-state index in [1.165, 1.54) is 24.3 Å². The zero-order valence-electron chi connectivity index (χ0n) is 9.54. The van der Waals surface area contributed by atoms with Crippen LogP contribution in [0.15, 0.2) is 47.9 Å². The number of rotatable bonds is 3. The summed E-state index contributed by atoms with van der Waals surface area (Å²) < 4.78 is 24.9. The van der Waals surface area contributed by atoms with Crippen molar-refractivity contribution in [1.29, 1.82) is 0 Å². The summed E-state index contributed by atoms with van der Waals surface area (Å²) >= 11 is 0. The van der Waals surface area contributed by atoms with E-state index in [0.717, 1.165) is 12.7 Å². The van der Waals surface area contributed by atoms with E-state index in [9.17, 15) is 13.2 Å². The molecule has 1 aromatic carbocycles. The highest BCUT2D eigenvalue weighted by Crippen LogP contribution is 2.18. The van der Waals surface area contributed by atoms with Gasteiger partial charge in [-0.2, -0.15) is 9.97 Å². The number of anilines is 1. The van der Waals surface area contributed by atoms with Crippen LogP contribution >= 0.6 is 0 Å². The first-order valence-electron chi connectivity index (χ1n) is 5.05. The number of carbonyl (C=O) groups is 1. The van der Waals surface area contributed by atoms with Gasteiger partial charge >= 0.3 is 6.03 Å². The van der Waals surface area contributed by atoms with Gasteiger partial charge in [-0.05, 0) is 12.1 Å². The molecule has 9 heteroatoms. The van der Waals surface area contributed by atoms with E-state index in [2.05, 4.69) is 15.0 Å². The lowest BCUT2D eigenvalue weighted by Crippen LogP contribution is -2.41. The lowest BCUT2D eigenvalue weighted by molar-refractivity contribution is 0.256. The third kappa shape index (κ3) is 2.50. The molecule has 0 fully saturated rings. The van der Waals surface area contributed by atoms with Crippen molar-refractivity contribution in [3.8, 4) is 0 Å². The van der Waals surface area contributed by atoms with Gasteiger partial charge in [0, 0.05) is 0 Å². The second-order valence-corrected chi connectivity index (χ2v) is 5.15. The van der Waals surface area contributed by atoms with E-state index in [1.807, 2.05) is 0 Å². The number of amides is 2. The molecule has 1 aromatic heterocycles. The molecule has 0 atom stereocenters. The molecule has 0 unspecified atom stereocenters. The second kappa shape index (κ2) is 4.98. The maximum atomic E-state index is 12.3. The normalized spacial score (nSPS) is 10.9. The van der Waals surface area contributed by atoms with Gasteiger partial charge in [-0.1, -0.05) is 18.2 Å². The molecule has 0 bridgehead atoms. The van der Waals surface area contributed by atoms with Crippen LogP contribution in [0.3, 0.4) is 0 Å². The summed E-state index contributed by atoms with van der Waals surface area (Å²) in [7, 11) is -4.15. The van der Waals surface area contributed by atoms with Crippen LogP contribution in [-0.2, 0) is 10.0 Å². The first kappa shape index (κ1) is 12.9. The molecule has 2 amide bonds. The van der Waals surface area contributed by atoms with Gasteiger partial charge in [-0.15, -0.1) is 4.31 Å². The molecule has 0 spiro atoms. The van der Waals surface area contributed by atoms with Crippen molar-refractivity contribution < 1.29 is 13.2 Å². The summed E-state index contributed by atoms with van der Waals surface area (Å²) in [4.78, 5) is 22.1. The molecule has 98 valence electrons. The average molecular weight is 279 g/mol. The number of aromatic nitrogens is 3. The molecule has 2 N–H and O–H groups in total. The van der Waals surface area contributed by atoms with Crippen molar-refractivity contribution in [2.45, 2.75) is 4.90 Å². The van der Waals surface area contributed by atoms with Crippen molar-refractivity contribution in [3.63, 3.8) is 0 Å². The maximum Gasteiger partial charge on any atom is 0.336 e. The minimum atomic E-state index is -4.15. The molecule has 2 rings (SSSR count). The van der Waals surface area contributed by atoms with Gasteiger partial charge in [0.05, 0.1) is 4.90 Å². The van der Waals surface area contributed by atoms with Crippen molar-refractivity contribution in [3.05, 3.63) is 43.0 Å². The van der Waals surface area contributed by atoms with Crippen LogP contribution in [-0.4, -0.2) is 29.4 Å². The van der Waals surface area contributed by atoms with Gasteiger partial charge < -0.3 is 5.73 Å². The maximum absolute atomic E-state index is 12.3. The number of primary amides is 1. The first-order chi connectivity index (χ1) is 9.03. The van der Waals surface area contributed by atoms with Crippen molar-refractivity contribution in [2.75, 3.05) is 4.31 Å². The molecule has 8 nitrogen and oxygen atoms in total. The van der Waals surface area contributed by atoms with Crippen LogP contribution in [0.2, 0.25) is 0 Å². The number of benzene rings is 1. The number of hydrogen-bond donors (Lipinski definition) is 1. The standard InChI is InChI=1S/C10H9N5O3S/c11-9(16)15(10-13-6-12-7-14-10)19(17,18)8-4-2-1-3-5-8/h1-7H,(H2,11,16). The van der Waals surface area contributed by atoms with E-state index >= 15 is 0 Å². The number of urea groups is 1. The number of carbonyl (C=O) groups excluding carboxylic acids is 1. The smallest absolute Gasteiger partial charge is 0.336 e. The summed E-state index contributed by atoms with van der Waals surface area (Å²) in [5.74, 6) is -0.355. The van der Waals surface area contributed by atoms with Crippen molar-refractivity contribution >= 4 is 22.0 Å². The fourth-order valence-electron chi connectivity index (χ4n) is 1.36. The predicted molar refractivity (Wildman–Crippen MR) is 65.5 cm³/mol. The molecule has 0 aliphatic heterocycles. The van der Waals surface area contributed by atoms with E-state index in [-0.39, 0.29) is 10.8 Å². The van der Waals surface area contributed by atoms with E-state index in [1.54, 1.807) is 6.07 Å². The number of nitrogens with zero attached hydrogens (tertiary/aromatic N) is 4. The van der Waals surface area contributed by atoms with Crippen molar-refractivity contribution in [1.82, 2.24) is 15.0 Å².